The molecule has 0 aliphatic heterocycles. The first-order valence-corrected chi connectivity index (χ1v) is 3.81. The zero-order valence-corrected chi connectivity index (χ0v) is 7.15. The maximum atomic E-state index is 9.04. The highest BCUT2D eigenvalue weighted by Crippen LogP contribution is 2.17. The van der Waals surface area contributed by atoms with Gasteiger partial charge in [0.25, 0.3) is 0 Å². The molecule has 0 fully saturated rings. The lowest BCUT2D eigenvalue weighted by atomic mass is 10.3. The van der Waals surface area contributed by atoms with Crippen LogP contribution in [-0.4, -0.2) is 11.2 Å². The van der Waals surface area contributed by atoms with Crippen LogP contribution in [0.4, 0.5) is 0 Å². The first kappa shape index (κ1) is 8.87. The summed E-state index contributed by atoms with van der Waals surface area (Å²) in [6, 6.07) is 6.46. The molecule has 12 heavy (non-hydrogen) atoms. The smallest absolute Gasteiger partial charge is 0.169 e. The van der Waals surface area contributed by atoms with E-state index >= 15 is 0 Å². The van der Waals surface area contributed by atoms with Crippen molar-refractivity contribution < 1.29 is 14.9 Å². The molecule has 1 N–H and O–H groups in total. The predicted octanol–water partition coefficient (Wildman–Crippen LogP) is 2.11. The summed E-state index contributed by atoms with van der Waals surface area (Å²) >= 11 is 0. The first-order valence-electron chi connectivity index (χ1n) is 3.81. The van der Waals surface area contributed by atoms with Crippen LogP contribution in [0, 0.1) is 0 Å². The van der Waals surface area contributed by atoms with E-state index in [0.29, 0.717) is 5.75 Å². The SMILES string of the molecule is CC(C)OOc1cccc(O)c1. The number of hydrogen-bond acceptors (Lipinski definition) is 3. The minimum atomic E-state index is 0.00680. The van der Waals surface area contributed by atoms with Gasteiger partial charge in [-0.1, -0.05) is 6.07 Å². The molecule has 0 atom stereocenters. The van der Waals surface area contributed by atoms with Crippen LogP contribution < -0.4 is 4.89 Å². The van der Waals surface area contributed by atoms with Crippen LogP contribution in [0.25, 0.3) is 0 Å². The molecule has 3 heteroatoms. The second kappa shape index (κ2) is 3.97. The molecule has 0 amide bonds. The molecule has 1 rings (SSSR count). The quantitative estimate of drug-likeness (QED) is 0.555. The summed E-state index contributed by atoms with van der Waals surface area (Å²) in [6.07, 6.45) is 0.00680. The first-order chi connectivity index (χ1) is 5.68. The Bertz CT molecular complexity index is 245. The van der Waals surface area contributed by atoms with Gasteiger partial charge in [0.05, 0.1) is 6.10 Å². The third-order valence-electron chi connectivity index (χ3n) is 1.15. The molecule has 0 radical (unpaired) electrons. The fourth-order valence-corrected chi connectivity index (χ4v) is 0.687. The van der Waals surface area contributed by atoms with Gasteiger partial charge in [0.15, 0.2) is 5.75 Å². The summed E-state index contributed by atoms with van der Waals surface area (Å²) in [5.74, 6) is 0.670. The Morgan fingerprint density at radius 3 is 2.67 bits per heavy atom. The highest BCUT2D eigenvalue weighted by molar-refractivity contribution is 5.31. The zero-order valence-electron chi connectivity index (χ0n) is 7.15. The Kier molecular flexibility index (Phi) is 2.94. The van der Waals surface area contributed by atoms with Crippen molar-refractivity contribution in [2.24, 2.45) is 0 Å². The molecule has 0 aliphatic carbocycles. The van der Waals surface area contributed by atoms with Gasteiger partial charge in [-0.2, -0.15) is 4.89 Å². The molecule has 0 unspecified atom stereocenters. The van der Waals surface area contributed by atoms with Crippen LogP contribution in [0.15, 0.2) is 24.3 Å². The van der Waals surface area contributed by atoms with Gasteiger partial charge in [0, 0.05) is 6.07 Å². The lowest BCUT2D eigenvalue weighted by Crippen LogP contribution is -2.05. The largest absolute Gasteiger partial charge is 0.508 e. The van der Waals surface area contributed by atoms with E-state index in [1.807, 2.05) is 13.8 Å². The number of benzene rings is 1. The zero-order chi connectivity index (χ0) is 8.97. The minimum Gasteiger partial charge on any atom is -0.508 e. The summed E-state index contributed by atoms with van der Waals surface area (Å²) < 4.78 is 0. The van der Waals surface area contributed by atoms with E-state index in [4.69, 9.17) is 14.9 Å². The predicted molar refractivity (Wildman–Crippen MR) is 45.0 cm³/mol. The Balaban J connectivity index is 2.52. The Morgan fingerprint density at radius 1 is 1.33 bits per heavy atom. The summed E-state index contributed by atoms with van der Waals surface area (Å²) in [7, 11) is 0. The lowest BCUT2D eigenvalue weighted by Gasteiger charge is -2.06. The molecule has 0 heterocycles. The van der Waals surface area contributed by atoms with Crippen molar-refractivity contribution in [3.05, 3.63) is 24.3 Å². The summed E-state index contributed by atoms with van der Waals surface area (Å²) in [6.45, 7) is 3.73. The second-order valence-electron chi connectivity index (χ2n) is 2.73. The van der Waals surface area contributed by atoms with Crippen molar-refractivity contribution in [2.45, 2.75) is 20.0 Å². The maximum absolute atomic E-state index is 9.04. The van der Waals surface area contributed by atoms with Gasteiger partial charge in [0.1, 0.15) is 5.75 Å². The van der Waals surface area contributed by atoms with Gasteiger partial charge < -0.3 is 9.99 Å². The van der Waals surface area contributed by atoms with Crippen molar-refractivity contribution in [1.29, 1.82) is 0 Å². The van der Waals surface area contributed by atoms with E-state index in [1.165, 1.54) is 6.07 Å². The van der Waals surface area contributed by atoms with E-state index < -0.39 is 0 Å². The minimum absolute atomic E-state index is 0.00680. The van der Waals surface area contributed by atoms with Crippen LogP contribution in [0.3, 0.4) is 0 Å². The van der Waals surface area contributed by atoms with Crippen molar-refractivity contribution in [1.82, 2.24) is 0 Å². The van der Waals surface area contributed by atoms with Crippen LogP contribution in [0.2, 0.25) is 0 Å². The van der Waals surface area contributed by atoms with Crippen LogP contribution in [0.5, 0.6) is 11.5 Å². The highest BCUT2D eigenvalue weighted by atomic mass is 17.2. The van der Waals surface area contributed by atoms with Crippen molar-refractivity contribution >= 4 is 0 Å². The number of phenols is 1. The van der Waals surface area contributed by atoms with Gasteiger partial charge in [-0.05, 0) is 26.0 Å². The lowest BCUT2D eigenvalue weighted by molar-refractivity contribution is -0.234. The van der Waals surface area contributed by atoms with Crippen molar-refractivity contribution in [2.75, 3.05) is 0 Å². The standard InChI is InChI=1S/C9H12O3/c1-7(2)11-12-9-5-3-4-8(10)6-9/h3-7,10H,1-2H3. The molecule has 0 bridgehead atoms. The van der Waals surface area contributed by atoms with Crippen LogP contribution in [0.1, 0.15) is 13.8 Å². The van der Waals surface area contributed by atoms with E-state index in [2.05, 4.69) is 0 Å². The van der Waals surface area contributed by atoms with Crippen molar-refractivity contribution in [3.63, 3.8) is 0 Å². The Labute approximate surface area is 71.5 Å². The van der Waals surface area contributed by atoms with Gasteiger partial charge in [-0.25, -0.2) is 0 Å². The Hall–Kier alpha value is -1.22. The molecule has 1 aromatic rings. The maximum Gasteiger partial charge on any atom is 0.169 e. The average molecular weight is 168 g/mol. The van der Waals surface area contributed by atoms with Crippen LogP contribution in [-0.2, 0) is 4.89 Å². The molecule has 1 aromatic carbocycles. The third kappa shape index (κ3) is 2.80. The second-order valence-corrected chi connectivity index (χ2v) is 2.73. The number of rotatable bonds is 3. The summed E-state index contributed by atoms with van der Waals surface area (Å²) in [5.41, 5.74) is 0. The monoisotopic (exact) mass is 168 g/mol. The molecule has 3 nitrogen and oxygen atoms in total. The van der Waals surface area contributed by atoms with Crippen molar-refractivity contribution in [3.8, 4) is 11.5 Å². The fourth-order valence-electron chi connectivity index (χ4n) is 0.687. The molecular weight excluding hydrogens is 156 g/mol. The van der Waals surface area contributed by atoms with E-state index in [-0.39, 0.29) is 11.9 Å². The van der Waals surface area contributed by atoms with E-state index in [0.717, 1.165) is 0 Å². The number of hydrogen-bond donors (Lipinski definition) is 1. The molecule has 0 saturated heterocycles. The molecular formula is C9H12O3. The molecule has 0 spiro atoms. The molecule has 0 saturated carbocycles. The Morgan fingerprint density at radius 2 is 2.08 bits per heavy atom. The molecule has 0 aromatic heterocycles. The van der Waals surface area contributed by atoms with Gasteiger partial charge in [-0.15, -0.1) is 0 Å². The fraction of sp³-hybridized carbons (Fsp3) is 0.333. The van der Waals surface area contributed by atoms with Gasteiger partial charge >= 0.3 is 0 Å². The van der Waals surface area contributed by atoms with E-state index in [9.17, 15) is 0 Å². The highest BCUT2D eigenvalue weighted by Gasteiger charge is 1.97. The summed E-state index contributed by atoms with van der Waals surface area (Å²) in [5, 5.41) is 9.04. The van der Waals surface area contributed by atoms with Gasteiger partial charge in [0.2, 0.25) is 0 Å². The molecule has 66 valence electrons. The molecule has 0 aliphatic rings. The number of phenolic OH excluding ortho intramolecular Hbond substituents is 1. The topological polar surface area (TPSA) is 38.7 Å². The van der Waals surface area contributed by atoms with Gasteiger partial charge in [-0.3, -0.25) is 0 Å². The van der Waals surface area contributed by atoms with Crippen LogP contribution >= 0.6 is 0 Å². The average Bonchev–Trinajstić information content (AvgIpc) is 2.01. The number of aromatic hydroxyl groups is 1. The van der Waals surface area contributed by atoms with E-state index in [1.54, 1.807) is 18.2 Å². The third-order valence-corrected chi connectivity index (χ3v) is 1.15. The summed E-state index contributed by atoms with van der Waals surface area (Å²) in [4.78, 5) is 9.76. The normalized spacial score (nSPS) is 10.2.